The van der Waals surface area contributed by atoms with Gasteiger partial charge in [0.15, 0.2) is 0 Å². The number of aromatic nitrogens is 2. The first kappa shape index (κ1) is 31.2. The normalized spacial score (nSPS) is 10.9. The Morgan fingerprint density at radius 3 is 2.26 bits per heavy atom. The molecule has 4 N–H and O–H groups in total. The molecule has 0 radical (unpaired) electrons. The van der Waals surface area contributed by atoms with Crippen LogP contribution in [-0.2, 0) is 4.79 Å². The molecular formula is C32H35ClN6O4. The summed E-state index contributed by atoms with van der Waals surface area (Å²) in [6, 6.07) is 21.0. The molecular weight excluding hydrogens is 568 g/mol. The van der Waals surface area contributed by atoms with E-state index in [1.807, 2.05) is 50.2 Å². The van der Waals surface area contributed by atoms with Gasteiger partial charge in [-0.1, -0.05) is 61.8 Å². The van der Waals surface area contributed by atoms with Crippen molar-refractivity contribution in [2.24, 2.45) is 5.92 Å². The Hall–Kier alpha value is -4.70. The predicted octanol–water partition coefficient (Wildman–Crippen LogP) is 5.02. The number of unbranched alkanes of at least 4 members (excludes halogenated alkanes) is 1. The maximum Gasteiger partial charge on any atom is 0.324 e. The lowest BCUT2D eigenvalue weighted by atomic mass is 10.1. The highest BCUT2D eigenvalue weighted by atomic mass is 35.5. The number of halogens is 1. The number of hydrogen-bond acceptors (Lipinski definition) is 5. The zero-order valence-corrected chi connectivity index (χ0v) is 24.9. The third-order valence-corrected chi connectivity index (χ3v) is 6.87. The number of nitrogens with zero attached hydrogens (tertiary/aromatic N) is 2. The van der Waals surface area contributed by atoms with E-state index in [0.29, 0.717) is 42.1 Å². The van der Waals surface area contributed by atoms with Gasteiger partial charge in [0.25, 0.3) is 11.8 Å². The molecule has 0 saturated heterocycles. The Bertz CT molecular complexity index is 1580. The molecule has 5 amide bonds. The second-order valence-electron chi connectivity index (χ2n) is 10.5. The molecule has 10 nitrogen and oxygen atoms in total. The number of amides is 5. The van der Waals surface area contributed by atoms with Gasteiger partial charge in [-0.15, -0.1) is 0 Å². The van der Waals surface area contributed by atoms with E-state index in [2.05, 4.69) is 26.1 Å². The van der Waals surface area contributed by atoms with Gasteiger partial charge in [-0.25, -0.2) is 4.79 Å². The van der Waals surface area contributed by atoms with Crippen molar-refractivity contribution in [1.29, 1.82) is 0 Å². The first-order chi connectivity index (χ1) is 20.7. The van der Waals surface area contributed by atoms with Crippen molar-refractivity contribution in [2.45, 2.75) is 26.7 Å². The molecule has 0 aliphatic carbocycles. The number of hydrogen-bond donors (Lipinski definition) is 4. The molecule has 43 heavy (non-hydrogen) atoms. The summed E-state index contributed by atoms with van der Waals surface area (Å²) < 4.78 is 0. The second-order valence-corrected chi connectivity index (χ2v) is 10.9. The molecule has 3 aromatic carbocycles. The number of fused-ring (bicyclic) bond motifs is 1. The number of nitrogens with one attached hydrogen (secondary N) is 4. The van der Waals surface area contributed by atoms with E-state index in [4.69, 9.17) is 11.6 Å². The fourth-order valence-electron chi connectivity index (χ4n) is 4.45. The number of rotatable bonds is 12. The minimum atomic E-state index is -0.524. The van der Waals surface area contributed by atoms with Crippen molar-refractivity contribution in [1.82, 2.24) is 31.0 Å². The van der Waals surface area contributed by atoms with E-state index in [9.17, 15) is 19.2 Å². The zero-order valence-electron chi connectivity index (χ0n) is 24.2. The smallest absolute Gasteiger partial charge is 0.324 e. The summed E-state index contributed by atoms with van der Waals surface area (Å²) in [6.07, 6.45) is 1.24. The monoisotopic (exact) mass is 602 g/mol. The summed E-state index contributed by atoms with van der Waals surface area (Å²) in [4.78, 5) is 51.6. The van der Waals surface area contributed by atoms with Crippen LogP contribution in [0.25, 0.3) is 22.2 Å². The van der Waals surface area contributed by atoms with Crippen molar-refractivity contribution in [3.63, 3.8) is 0 Å². The van der Waals surface area contributed by atoms with Gasteiger partial charge in [-0.2, -0.15) is 5.10 Å². The summed E-state index contributed by atoms with van der Waals surface area (Å²) in [7, 11) is 0. The highest BCUT2D eigenvalue weighted by molar-refractivity contribution is 6.31. The number of carbonyl (C=O) groups excluding carboxylic acids is 4. The Morgan fingerprint density at radius 1 is 0.837 bits per heavy atom. The van der Waals surface area contributed by atoms with Crippen LogP contribution in [0.5, 0.6) is 0 Å². The van der Waals surface area contributed by atoms with Crippen molar-refractivity contribution in [2.75, 3.05) is 26.2 Å². The third kappa shape index (κ3) is 8.65. The van der Waals surface area contributed by atoms with Crippen LogP contribution >= 0.6 is 11.6 Å². The fraction of sp³-hybridized carbons (Fsp3) is 0.281. The molecule has 0 atom stereocenters. The van der Waals surface area contributed by atoms with Crippen LogP contribution in [-0.4, -0.2) is 65.0 Å². The van der Waals surface area contributed by atoms with E-state index in [1.54, 1.807) is 30.3 Å². The van der Waals surface area contributed by atoms with E-state index in [0.717, 1.165) is 27.1 Å². The standard InChI is InChI=1S/C32H35ClN6O4/c1-21(2)20-39(28(40)19-36-31(42)24-8-7-9-25(33)18-24)32(43)35-17-6-5-16-34-30(41)23-14-12-22(13-15-23)29-26-10-3-4-11-27(26)37-38-29/h3-4,7-15,18,21H,5-6,16-17,19-20H2,1-2H3,(H,34,41)(H,35,43)(H,36,42)(H,37,38). The highest BCUT2D eigenvalue weighted by Gasteiger charge is 2.22. The predicted molar refractivity (Wildman–Crippen MR) is 167 cm³/mol. The molecule has 4 rings (SSSR count). The molecule has 224 valence electrons. The minimum absolute atomic E-state index is 0.0428. The molecule has 0 aliphatic rings. The van der Waals surface area contributed by atoms with Gasteiger partial charge in [-0.05, 0) is 55.2 Å². The van der Waals surface area contributed by atoms with Crippen molar-refractivity contribution in [3.05, 3.63) is 88.9 Å². The van der Waals surface area contributed by atoms with Gasteiger partial charge in [0.05, 0.1) is 17.8 Å². The number of para-hydroxylation sites is 1. The summed E-state index contributed by atoms with van der Waals surface area (Å²) in [5, 5.41) is 17.0. The summed E-state index contributed by atoms with van der Waals surface area (Å²) >= 11 is 5.93. The van der Waals surface area contributed by atoms with Crippen LogP contribution in [0, 0.1) is 5.92 Å². The van der Waals surface area contributed by atoms with Crippen LogP contribution in [0.3, 0.4) is 0 Å². The molecule has 0 bridgehead atoms. The maximum absolute atomic E-state index is 12.8. The van der Waals surface area contributed by atoms with Crippen LogP contribution < -0.4 is 16.0 Å². The van der Waals surface area contributed by atoms with Crippen LogP contribution in [0.4, 0.5) is 4.79 Å². The summed E-state index contributed by atoms with van der Waals surface area (Å²) in [5.74, 6) is -1.11. The van der Waals surface area contributed by atoms with E-state index in [1.165, 1.54) is 6.07 Å². The van der Waals surface area contributed by atoms with E-state index in [-0.39, 0.29) is 24.9 Å². The Morgan fingerprint density at radius 2 is 1.53 bits per heavy atom. The molecule has 0 spiro atoms. The lowest BCUT2D eigenvalue weighted by Gasteiger charge is -2.23. The maximum atomic E-state index is 12.8. The van der Waals surface area contributed by atoms with Gasteiger partial charge < -0.3 is 16.0 Å². The lowest BCUT2D eigenvalue weighted by molar-refractivity contribution is -0.127. The largest absolute Gasteiger partial charge is 0.352 e. The van der Waals surface area contributed by atoms with Gasteiger partial charge >= 0.3 is 6.03 Å². The van der Waals surface area contributed by atoms with Crippen molar-refractivity contribution < 1.29 is 19.2 Å². The van der Waals surface area contributed by atoms with E-state index >= 15 is 0 Å². The quantitative estimate of drug-likeness (QED) is 0.169. The molecule has 0 saturated carbocycles. The lowest BCUT2D eigenvalue weighted by Crippen LogP contribution is -2.49. The molecule has 1 aromatic heterocycles. The van der Waals surface area contributed by atoms with Gasteiger partial charge in [0.1, 0.15) is 0 Å². The first-order valence-corrected chi connectivity index (χ1v) is 14.5. The summed E-state index contributed by atoms with van der Waals surface area (Å²) in [5.41, 5.74) is 3.57. The molecule has 4 aromatic rings. The highest BCUT2D eigenvalue weighted by Crippen LogP contribution is 2.26. The summed E-state index contributed by atoms with van der Waals surface area (Å²) in [6.45, 7) is 4.45. The second kappa shape index (κ2) is 15.0. The SMILES string of the molecule is CC(C)CN(C(=O)CNC(=O)c1cccc(Cl)c1)C(=O)NCCCCNC(=O)c1ccc(-c2n[nH]c3ccccc23)cc1. The van der Waals surface area contributed by atoms with Crippen LogP contribution in [0.15, 0.2) is 72.8 Å². The Kier molecular flexibility index (Phi) is 10.9. The number of carbonyl (C=O) groups is 4. The minimum Gasteiger partial charge on any atom is -0.352 e. The van der Waals surface area contributed by atoms with Gasteiger partial charge in [0, 0.05) is 46.7 Å². The third-order valence-electron chi connectivity index (χ3n) is 6.64. The average Bonchev–Trinajstić information content (AvgIpc) is 3.44. The molecule has 0 aliphatic heterocycles. The fourth-order valence-corrected chi connectivity index (χ4v) is 4.64. The van der Waals surface area contributed by atoms with Crippen molar-refractivity contribution >= 4 is 46.3 Å². The Balaban J connectivity index is 1.18. The number of urea groups is 1. The number of imide groups is 1. The van der Waals surface area contributed by atoms with Crippen LogP contribution in [0.1, 0.15) is 47.4 Å². The van der Waals surface area contributed by atoms with Crippen LogP contribution in [0.2, 0.25) is 5.02 Å². The molecule has 0 fully saturated rings. The van der Waals surface area contributed by atoms with E-state index < -0.39 is 17.8 Å². The van der Waals surface area contributed by atoms with Gasteiger partial charge in [0.2, 0.25) is 5.91 Å². The number of H-pyrrole nitrogens is 1. The topological polar surface area (TPSA) is 136 Å². The average molecular weight is 603 g/mol. The van der Waals surface area contributed by atoms with Crippen molar-refractivity contribution in [3.8, 4) is 11.3 Å². The number of aromatic amines is 1. The van der Waals surface area contributed by atoms with Gasteiger partial charge in [-0.3, -0.25) is 24.4 Å². The molecule has 1 heterocycles. The molecule has 11 heteroatoms. The molecule has 0 unspecified atom stereocenters. The Labute approximate surface area is 255 Å². The zero-order chi connectivity index (χ0) is 30.8. The first-order valence-electron chi connectivity index (χ1n) is 14.2. The number of benzene rings is 3.